The second-order valence-corrected chi connectivity index (χ2v) is 9.35. The Kier molecular flexibility index (Phi) is 6.81. The quantitative estimate of drug-likeness (QED) is 0.417. The molecule has 33 heavy (non-hydrogen) atoms. The zero-order valence-corrected chi connectivity index (χ0v) is 19.4. The Morgan fingerprint density at radius 1 is 1.33 bits per heavy atom. The van der Waals surface area contributed by atoms with Gasteiger partial charge < -0.3 is 24.6 Å². The number of carbonyl (C=O) groups is 1. The van der Waals surface area contributed by atoms with Gasteiger partial charge in [-0.25, -0.2) is 0 Å². The van der Waals surface area contributed by atoms with Gasteiger partial charge in [-0.15, -0.1) is 0 Å². The predicted octanol–water partition coefficient (Wildman–Crippen LogP) is 3.50. The molecule has 0 radical (unpaired) electrons. The molecule has 1 aromatic carbocycles. The molecule has 1 aliphatic carbocycles. The molecule has 4 rings (SSSR count). The number of hydrogen-bond acceptors (Lipinski definition) is 6. The lowest BCUT2D eigenvalue weighted by Gasteiger charge is -2.55. The molecule has 1 saturated heterocycles. The SMILES string of the molecule is CCCN1CC[C@H]2c3c(ccc(O)c3O)C[C@@H]1[C@]2(O)CCCN(C)C(=O)/C=C/c1ccoc1. The Morgan fingerprint density at radius 3 is 2.88 bits per heavy atom. The first kappa shape index (κ1) is 23.4. The number of likely N-dealkylation sites (tertiary alicyclic amines) is 1. The zero-order chi connectivity index (χ0) is 23.6. The predicted molar refractivity (Wildman–Crippen MR) is 126 cm³/mol. The van der Waals surface area contributed by atoms with Crippen molar-refractivity contribution in [2.45, 2.75) is 56.6 Å². The molecular weight excluding hydrogens is 420 g/mol. The molecule has 0 saturated carbocycles. The van der Waals surface area contributed by atoms with E-state index in [0.29, 0.717) is 31.4 Å². The number of likely N-dealkylation sites (N-methyl/N-ethyl adjacent to an activating group) is 1. The number of rotatable bonds is 8. The minimum absolute atomic E-state index is 0.0466. The van der Waals surface area contributed by atoms with Crippen LogP contribution < -0.4 is 0 Å². The molecule has 7 nitrogen and oxygen atoms in total. The Bertz CT molecular complexity index is 1000. The zero-order valence-electron chi connectivity index (χ0n) is 19.4. The highest BCUT2D eigenvalue weighted by molar-refractivity contribution is 5.91. The van der Waals surface area contributed by atoms with Crippen LogP contribution in [0.3, 0.4) is 0 Å². The van der Waals surface area contributed by atoms with Gasteiger partial charge >= 0.3 is 0 Å². The van der Waals surface area contributed by atoms with E-state index in [0.717, 1.165) is 37.1 Å². The van der Waals surface area contributed by atoms with Crippen molar-refractivity contribution in [1.29, 1.82) is 0 Å². The first-order valence-electron chi connectivity index (χ1n) is 11.8. The summed E-state index contributed by atoms with van der Waals surface area (Å²) in [5.74, 6) is -0.587. The fraction of sp³-hybridized carbons (Fsp3) is 0.500. The van der Waals surface area contributed by atoms with Gasteiger partial charge in [-0.1, -0.05) is 13.0 Å². The van der Waals surface area contributed by atoms with Gasteiger partial charge in [0, 0.05) is 42.8 Å². The van der Waals surface area contributed by atoms with Crippen LogP contribution in [0.25, 0.3) is 6.08 Å². The molecule has 1 aromatic heterocycles. The number of nitrogens with zero attached hydrogens (tertiary/aromatic N) is 2. The molecule has 178 valence electrons. The number of piperidine rings is 1. The molecule has 2 heterocycles. The van der Waals surface area contributed by atoms with Crippen molar-refractivity contribution in [3.63, 3.8) is 0 Å². The number of hydrogen-bond donors (Lipinski definition) is 3. The van der Waals surface area contributed by atoms with Crippen LogP contribution in [-0.4, -0.2) is 69.4 Å². The van der Waals surface area contributed by atoms with Crippen molar-refractivity contribution in [3.8, 4) is 11.5 Å². The average molecular weight is 455 g/mol. The van der Waals surface area contributed by atoms with E-state index in [1.54, 1.807) is 36.6 Å². The fourth-order valence-corrected chi connectivity index (χ4v) is 5.63. The van der Waals surface area contributed by atoms with Crippen molar-refractivity contribution in [2.75, 3.05) is 26.7 Å². The number of aliphatic hydroxyl groups is 1. The van der Waals surface area contributed by atoms with Crippen LogP contribution in [0, 0.1) is 0 Å². The summed E-state index contributed by atoms with van der Waals surface area (Å²) < 4.78 is 5.01. The maximum atomic E-state index is 12.5. The summed E-state index contributed by atoms with van der Waals surface area (Å²) in [6.45, 7) is 4.43. The number of aromatic hydroxyl groups is 2. The van der Waals surface area contributed by atoms with Crippen LogP contribution in [0.1, 0.15) is 55.2 Å². The van der Waals surface area contributed by atoms with Gasteiger partial charge in [0.05, 0.1) is 18.1 Å². The largest absolute Gasteiger partial charge is 0.504 e. The standard InChI is InChI=1S/C26H34N2O5/c1-3-12-28-14-9-20-24-19(6-7-21(29)25(24)31)16-22(28)26(20,32)11-4-13-27(2)23(30)8-5-18-10-15-33-17-18/h5-8,10,15,17,20,22,29,31-32H,3-4,9,11-14,16H2,1-2H3/b8-5+/t20-,22+,26-/m0/s1. The number of phenols is 2. The number of amides is 1. The summed E-state index contributed by atoms with van der Waals surface area (Å²) in [6.07, 6.45) is 9.90. The molecule has 3 atom stereocenters. The number of benzene rings is 1. The second kappa shape index (κ2) is 9.61. The van der Waals surface area contributed by atoms with Crippen LogP contribution in [0.2, 0.25) is 0 Å². The lowest BCUT2D eigenvalue weighted by atomic mass is 9.62. The summed E-state index contributed by atoms with van der Waals surface area (Å²) in [7, 11) is 1.76. The number of fused-ring (bicyclic) bond motifs is 4. The van der Waals surface area contributed by atoms with E-state index < -0.39 is 5.60 Å². The smallest absolute Gasteiger partial charge is 0.246 e. The number of carbonyl (C=O) groups excluding carboxylic acids is 1. The number of furan rings is 1. The fourth-order valence-electron chi connectivity index (χ4n) is 5.63. The first-order chi connectivity index (χ1) is 15.8. The van der Waals surface area contributed by atoms with Crippen molar-refractivity contribution in [1.82, 2.24) is 9.80 Å². The molecular formula is C26H34N2O5. The third-order valence-corrected chi connectivity index (χ3v) is 7.29. The van der Waals surface area contributed by atoms with Crippen molar-refractivity contribution < 1.29 is 24.5 Å². The van der Waals surface area contributed by atoms with Crippen LogP contribution in [0.15, 0.2) is 41.2 Å². The third kappa shape index (κ3) is 4.52. The lowest BCUT2D eigenvalue weighted by Crippen LogP contribution is -2.63. The van der Waals surface area contributed by atoms with E-state index in [9.17, 15) is 20.1 Å². The van der Waals surface area contributed by atoms with E-state index in [1.807, 2.05) is 6.07 Å². The lowest BCUT2D eigenvalue weighted by molar-refractivity contribution is -0.126. The van der Waals surface area contributed by atoms with Gasteiger partial charge in [0.25, 0.3) is 0 Å². The molecule has 0 unspecified atom stereocenters. The topological polar surface area (TPSA) is 97.4 Å². The Hall–Kier alpha value is -2.77. The average Bonchev–Trinajstić information content (AvgIpc) is 3.30. The Balaban J connectivity index is 1.49. The van der Waals surface area contributed by atoms with E-state index in [1.165, 1.54) is 12.1 Å². The molecule has 1 fully saturated rings. The molecule has 2 aliphatic rings. The monoisotopic (exact) mass is 454 g/mol. The normalized spacial score (nSPS) is 24.7. The van der Waals surface area contributed by atoms with Crippen molar-refractivity contribution >= 4 is 12.0 Å². The van der Waals surface area contributed by atoms with Crippen LogP contribution in [0.4, 0.5) is 0 Å². The van der Waals surface area contributed by atoms with Crippen molar-refractivity contribution in [2.24, 2.45) is 0 Å². The van der Waals surface area contributed by atoms with Crippen LogP contribution in [-0.2, 0) is 11.2 Å². The molecule has 2 bridgehead atoms. The number of phenolic OH excluding ortho intramolecular Hbond substituents is 2. The highest BCUT2D eigenvalue weighted by atomic mass is 16.3. The molecule has 2 aromatic rings. The van der Waals surface area contributed by atoms with Gasteiger partial charge in [0.15, 0.2) is 11.5 Å². The summed E-state index contributed by atoms with van der Waals surface area (Å²) in [6, 6.07) is 5.15. The van der Waals surface area contributed by atoms with E-state index >= 15 is 0 Å². The molecule has 7 heteroatoms. The molecule has 0 spiro atoms. The van der Waals surface area contributed by atoms with Gasteiger partial charge in [0.1, 0.15) is 0 Å². The second-order valence-electron chi connectivity index (χ2n) is 9.35. The van der Waals surface area contributed by atoms with Gasteiger partial charge in [-0.3, -0.25) is 9.69 Å². The maximum absolute atomic E-state index is 12.5. The molecule has 1 aliphatic heterocycles. The highest BCUT2D eigenvalue weighted by Gasteiger charge is 2.53. The van der Waals surface area contributed by atoms with E-state index in [-0.39, 0.29) is 29.4 Å². The van der Waals surface area contributed by atoms with Crippen molar-refractivity contribution in [3.05, 3.63) is 53.5 Å². The molecule has 3 N–H and O–H groups in total. The minimum Gasteiger partial charge on any atom is -0.504 e. The maximum Gasteiger partial charge on any atom is 0.246 e. The van der Waals surface area contributed by atoms with E-state index in [2.05, 4.69) is 11.8 Å². The van der Waals surface area contributed by atoms with Crippen LogP contribution >= 0.6 is 0 Å². The summed E-state index contributed by atoms with van der Waals surface area (Å²) in [5.41, 5.74) is 1.50. The minimum atomic E-state index is -1.03. The summed E-state index contributed by atoms with van der Waals surface area (Å²) in [5, 5.41) is 32.8. The first-order valence-corrected chi connectivity index (χ1v) is 11.8. The van der Waals surface area contributed by atoms with Gasteiger partial charge in [0.2, 0.25) is 5.91 Å². The summed E-state index contributed by atoms with van der Waals surface area (Å²) in [4.78, 5) is 16.5. The third-order valence-electron chi connectivity index (χ3n) is 7.29. The Labute approximate surface area is 194 Å². The Morgan fingerprint density at radius 2 is 2.15 bits per heavy atom. The summed E-state index contributed by atoms with van der Waals surface area (Å²) >= 11 is 0. The van der Waals surface area contributed by atoms with E-state index in [4.69, 9.17) is 4.42 Å². The van der Waals surface area contributed by atoms with Gasteiger partial charge in [-0.2, -0.15) is 0 Å². The van der Waals surface area contributed by atoms with Crippen LogP contribution in [0.5, 0.6) is 11.5 Å². The highest BCUT2D eigenvalue weighted by Crippen LogP contribution is 2.53. The molecule has 1 amide bonds. The van der Waals surface area contributed by atoms with Gasteiger partial charge in [-0.05, 0) is 69.0 Å².